The molecule has 0 bridgehead atoms. The van der Waals surface area contributed by atoms with Gasteiger partial charge in [0.1, 0.15) is 5.82 Å². The average Bonchev–Trinajstić information content (AvgIpc) is 2.45. The molecule has 0 unspecified atom stereocenters. The highest BCUT2D eigenvalue weighted by atomic mass is 19.1. The monoisotopic (exact) mass is 253 g/mol. The number of fused-ring (bicyclic) bond motifs is 1. The molecule has 0 spiro atoms. The van der Waals surface area contributed by atoms with E-state index in [1.807, 2.05) is 30.5 Å². The Balaban J connectivity index is 1.86. The highest BCUT2D eigenvalue weighted by Crippen LogP contribution is 2.18. The summed E-state index contributed by atoms with van der Waals surface area (Å²) in [5.74, 6) is 0.0539. The van der Waals surface area contributed by atoms with Crippen LogP contribution in [0.25, 0.3) is 10.8 Å². The lowest BCUT2D eigenvalue weighted by molar-refractivity contribution is 0.585. The number of rotatable bonds is 3. The number of benzene rings is 1. The summed E-state index contributed by atoms with van der Waals surface area (Å²) in [6.07, 6.45) is 3.60. The van der Waals surface area contributed by atoms with Gasteiger partial charge in [0.2, 0.25) is 5.95 Å². The van der Waals surface area contributed by atoms with Crippen molar-refractivity contribution < 1.29 is 4.39 Å². The molecule has 0 aliphatic rings. The topological polar surface area (TPSA) is 37.8 Å². The normalized spacial score (nSPS) is 10.6. The molecule has 0 aliphatic heterocycles. The number of nitrogens with zero attached hydrogens (tertiary/aromatic N) is 2. The number of nitrogens with one attached hydrogen (secondary N) is 1. The molecule has 3 aromatic rings. The largest absolute Gasteiger partial charge is 0.366 e. The molecule has 3 nitrogen and oxygen atoms in total. The fraction of sp³-hybridized carbons (Fsp3) is 0.0667. The fourth-order valence-corrected chi connectivity index (χ4v) is 2.04. The molecule has 0 radical (unpaired) electrons. The van der Waals surface area contributed by atoms with Gasteiger partial charge in [0, 0.05) is 24.3 Å². The Labute approximate surface area is 110 Å². The van der Waals surface area contributed by atoms with Crippen molar-refractivity contribution in [3.63, 3.8) is 0 Å². The Bertz CT molecular complexity index is 707. The second kappa shape index (κ2) is 5.02. The van der Waals surface area contributed by atoms with Crippen LogP contribution in [0.1, 0.15) is 5.56 Å². The molecule has 3 rings (SSSR count). The first-order valence-corrected chi connectivity index (χ1v) is 6.01. The van der Waals surface area contributed by atoms with E-state index in [9.17, 15) is 4.39 Å². The van der Waals surface area contributed by atoms with E-state index in [-0.39, 0.29) is 0 Å². The van der Waals surface area contributed by atoms with E-state index in [4.69, 9.17) is 0 Å². The standard InChI is InChI=1S/C15H12FN3/c16-14-5-2-6-15(19-14)18-10-12-4-1-3-11-9-17-8-7-13(11)12/h1-9H,10H2,(H,18,19). The third kappa shape index (κ3) is 2.52. The molecular weight excluding hydrogens is 241 g/mol. The molecule has 0 atom stereocenters. The maximum absolute atomic E-state index is 13.0. The van der Waals surface area contributed by atoms with Gasteiger partial charge in [-0.2, -0.15) is 4.39 Å². The average molecular weight is 253 g/mol. The summed E-state index contributed by atoms with van der Waals surface area (Å²) in [6, 6.07) is 12.7. The van der Waals surface area contributed by atoms with Gasteiger partial charge in [-0.15, -0.1) is 0 Å². The van der Waals surface area contributed by atoms with Crippen LogP contribution < -0.4 is 5.32 Å². The molecule has 2 aromatic heterocycles. The minimum Gasteiger partial charge on any atom is -0.366 e. The summed E-state index contributed by atoms with van der Waals surface area (Å²) in [6.45, 7) is 0.595. The molecule has 1 aromatic carbocycles. The van der Waals surface area contributed by atoms with Crippen LogP contribution in [-0.4, -0.2) is 9.97 Å². The van der Waals surface area contributed by atoms with Gasteiger partial charge in [0.25, 0.3) is 0 Å². The van der Waals surface area contributed by atoms with Crippen molar-refractivity contribution in [1.29, 1.82) is 0 Å². The van der Waals surface area contributed by atoms with Crippen molar-refractivity contribution in [3.8, 4) is 0 Å². The molecule has 19 heavy (non-hydrogen) atoms. The van der Waals surface area contributed by atoms with E-state index in [0.717, 1.165) is 16.3 Å². The highest BCUT2D eigenvalue weighted by Gasteiger charge is 2.01. The number of hydrogen-bond acceptors (Lipinski definition) is 3. The van der Waals surface area contributed by atoms with Crippen LogP contribution in [0.15, 0.2) is 54.9 Å². The van der Waals surface area contributed by atoms with Crippen LogP contribution in [0.3, 0.4) is 0 Å². The van der Waals surface area contributed by atoms with Gasteiger partial charge in [0.05, 0.1) is 0 Å². The van der Waals surface area contributed by atoms with E-state index < -0.39 is 5.95 Å². The molecule has 0 saturated carbocycles. The maximum Gasteiger partial charge on any atom is 0.214 e. The minimum atomic E-state index is -0.480. The minimum absolute atomic E-state index is 0.480. The van der Waals surface area contributed by atoms with Gasteiger partial charge in [-0.3, -0.25) is 4.98 Å². The zero-order valence-corrected chi connectivity index (χ0v) is 10.2. The maximum atomic E-state index is 13.0. The van der Waals surface area contributed by atoms with E-state index in [0.29, 0.717) is 12.4 Å². The first-order valence-electron chi connectivity index (χ1n) is 6.01. The number of hydrogen-bond donors (Lipinski definition) is 1. The predicted octanol–water partition coefficient (Wildman–Crippen LogP) is 3.38. The molecule has 94 valence electrons. The Morgan fingerprint density at radius 1 is 1.05 bits per heavy atom. The van der Waals surface area contributed by atoms with Crippen molar-refractivity contribution in [1.82, 2.24) is 9.97 Å². The predicted molar refractivity (Wildman–Crippen MR) is 73.3 cm³/mol. The Hall–Kier alpha value is -2.49. The van der Waals surface area contributed by atoms with E-state index in [1.165, 1.54) is 6.07 Å². The first-order chi connectivity index (χ1) is 9.33. The second-order valence-corrected chi connectivity index (χ2v) is 4.21. The van der Waals surface area contributed by atoms with Crippen molar-refractivity contribution >= 4 is 16.6 Å². The molecule has 1 N–H and O–H groups in total. The van der Waals surface area contributed by atoms with Crippen molar-refractivity contribution in [3.05, 3.63) is 66.4 Å². The quantitative estimate of drug-likeness (QED) is 0.727. The van der Waals surface area contributed by atoms with Gasteiger partial charge in [-0.05, 0) is 29.1 Å². The summed E-state index contributed by atoms with van der Waals surface area (Å²) >= 11 is 0. The van der Waals surface area contributed by atoms with Crippen molar-refractivity contribution in [2.24, 2.45) is 0 Å². The molecular formula is C15H12FN3. The van der Waals surface area contributed by atoms with Gasteiger partial charge in [-0.25, -0.2) is 4.98 Å². The van der Waals surface area contributed by atoms with Gasteiger partial charge < -0.3 is 5.32 Å². The van der Waals surface area contributed by atoms with Gasteiger partial charge >= 0.3 is 0 Å². The summed E-state index contributed by atoms with van der Waals surface area (Å²) < 4.78 is 13.0. The van der Waals surface area contributed by atoms with Crippen LogP contribution in [-0.2, 0) is 6.54 Å². The molecule has 0 amide bonds. The van der Waals surface area contributed by atoms with E-state index in [1.54, 1.807) is 18.3 Å². The van der Waals surface area contributed by atoms with Gasteiger partial charge in [-0.1, -0.05) is 24.3 Å². The van der Waals surface area contributed by atoms with E-state index in [2.05, 4.69) is 15.3 Å². The summed E-state index contributed by atoms with van der Waals surface area (Å²) in [4.78, 5) is 7.88. The molecule has 0 aliphatic carbocycles. The van der Waals surface area contributed by atoms with Gasteiger partial charge in [0.15, 0.2) is 0 Å². The van der Waals surface area contributed by atoms with Crippen molar-refractivity contribution in [2.75, 3.05) is 5.32 Å². The van der Waals surface area contributed by atoms with Crippen LogP contribution in [0, 0.1) is 5.95 Å². The SMILES string of the molecule is Fc1cccc(NCc2cccc3cnccc23)n1. The second-order valence-electron chi connectivity index (χ2n) is 4.21. The number of halogens is 1. The molecule has 2 heterocycles. The lowest BCUT2D eigenvalue weighted by Crippen LogP contribution is -2.02. The number of anilines is 1. The van der Waals surface area contributed by atoms with Crippen LogP contribution in [0.4, 0.5) is 10.2 Å². The smallest absolute Gasteiger partial charge is 0.214 e. The summed E-state index contributed by atoms with van der Waals surface area (Å²) in [7, 11) is 0. The number of aromatic nitrogens is 2. The lowest BCUT2D eigenvalue weighted by Gasteiger charge is -2.08. The molecule has 0 fully saturated rings. The Kier molecular flexibility index (Phi) is 3.06. The van der Waals surface area contributed by atoms with E-state index >= 15 is 0 Å². The van der Waals surface area contributed by atoms with Crippen LogP contribution in [0.5, 0.6) is 0 Å². The lowest BCUT2D eigenvalue weighted by atomic mass is 10.1. The highest BCUT2D eigenvalue weighted by molar-refractivity contribution is 5.84. The number of pyridine rings is 2. The summed E-state index contributed by atoms with van der Waals surface area (Å²) in [5, 5.41) is 5.35. The Morgan fingerprint density at radius 3 is 2.84 bits per heavy atom. The Morgan fingerprint density at radius 2 is 1.95 bits per heavy atom. The molecule has 4 heteroatoms. The summed E-state index contributed by atoms with van der Waals surface area (Å²) in [5.41, 5.74) is 1.13. The zero-order valence-electron chi connectivity index (χ0n) is 10.2. The third-order valence-corrected chi connectivity index (χ3v) is 2.95. The third-order valence-electron chi connectivity index (χ3n) is 2.95. The molecule has 0 saturated heterocycles. The van der Waals surface area contributed by atoms with Crippen LogP contribution >= 0.6 is 0 Å². The van der Waals surface area contributed by atoms with Crippen LogP contribution in [0.2, 0.25) is 0 Å². The zero-order chi connectivity index (χ0) is 13.1. The first kappa shape index (κ1) is 11.6. The fourth-order valence-electron chi connectivity index (χ4n) is 2.04. The van der Waals surface area contributed by atoms with Crippen molar-refractivity contribution in [2.45, 2.75) is 6.54 Å².